The lowest BCUT2D eigenvalue weighted by Gasteiger charge is -1.99. The van der Waals surface area contributed by atoms with E-state index in [4.69, 9.17) is 20.8 Å². The fraction of sp³-hybridized carbons (Fsp3) is 0.0526. The van der Waals surface area contributed by atoms with Gasteiger partial charge in [-0.2, -0.15) is 0 Å². The van der Waals surface area contributed by atoms with Gasteiger partial charge in [0.25, 0.3) is 0 Å². The van der Waals surface area contributed by atoms with Gasteiger partial charge in [0.15, 0.2) is 12.4 Å². The molecule has 4 nitrogen and oxygen atoms in total. The summed E-state index contributed by atoms with van der Waals surface area (Å²) in [6.07, 6.45) is 2.55. The van der Waals surface area contributed by atoms with Crippen LogP contribution in [0.1, 0.15) is 16.1 Å². The first-order valence-electron chi connectivity index (χ1n) is 7.34. The molecule has 2 aromatic carbocycles. The van der Waals surface area contributed by atoms with Crippen molar-refractivity contribution in [2.45, 2.75) is 0 Å². The zero-order valence-corrected chi connectivity index (χ0v) is 13.6. The lowest BCUT2D eigenvalue weighted by molar-refractivity contribution is -0.136. The molecule has 1 heterocycles. The summed E-state index contributed by atoms with van der Waals surface area (Å²) in [5.41, 5.74) is 1.12. The number of para-hydroxylation sites is 1. The second-order valence-electron chi connectivity index (χ2n) is 5.19. The molecule has 0 aliphatic heterocycles. The van der Waals surface area contributed by atoms with E-state index in [0.717, 1.165) is 11.5 Å². The average Bonchev–Trinajstić information content (AvgIpc) is 3.05. The number of ether oxygens (including phenoxy) is 1. The summed E-state index contributed by atoms with van der Waals surface area (Å²) in [6, 6.07) is 12.8. The Morgan fingerprint density at radius 1 is 1.16 bits per heavy atom. The first-order chi connectivity index (χ1) is 12.0. The Labute approximate surface area is 147 Å². The maximum Gasteiger partial charge on any atom is 0.331 e. The van der Waals surface area contributed by atoms with Crippen molar-refractivity contribution in [1.29, 1.82) is 0 Å². The SMILES string of the molecule is O=C(/C=C/c1ccc(F)c(Cl)c1)OCC(=O)c1cc2ccccc2o1. The maximum atomic E-state index is 13.1. The smallest absolute Gasteiger partial charge is 0.331 e. The summed E-state index contributed by atoms with van der Waals surface area (Å²) in [4.78, 5) is 23.7. The van der Waals surface area contributed by atoms with Crippen LogP contribution in [0.5, 0.6) is 0 Å². The highest BCUT2D eigenvalue weighted by Gasteiger charge is 2.13. The van der Waals surface area contributed by atoms with Crippen LogP contribution in [0.4, 0.5) is 4.39 Å². The van der Waals surface area contributed by atoms with Crippen LogP contribution < -0.4 is 0 Å². The number of furan rings is 1. The van der Waals surface area contributed by atoms with E-state index < -0.39 is 24.2 Å². The molecule has 0 spiro atoms. The predicted molar refractivity (Wildman–Crippen MR) is 91.9 cm³/mol. The van der Waals surface area contributed by atoms with E-state index >= 15 is 0 Å². The van der Waals surface area contributed by atoms with Gasteiger partial charge in [0.2, 0.25) is 5.78 Å². The van der Waals surface area contributed by atoms with Gasteiger partial charge in [0.1, 0.15) is 11.4 Å². The molecule has 1 aromatic heterocycles. The van der Waals surface area contributed by atoms with Gasteiger partial charge in [-0.05, 0) is 35.9 Å². The lowest BCUT2D eigenvalue weighted by atomic mass is 10.2. The number of fused-ring (bicyclic) bond motifs is 1. The standard InChI is InChI=1S/C19H12ClFO4/c20-14-9-12(5-7-15(14)21)6-8-19(23)24-11-16(22)18-10-13-3-1-2-4-17(13)25-18/h1-10H,11H2/b8-6+. The molecule has 3 aromatic rings. The van der Waals surface area contributed by atoms with Crippen LogP contribution in [-0.2, 0) is 9.53 Å². The molecule has 25 heavy (non-hydrogen) atoms. The van der Waals surface area contributed by atoms with E-state index in [1.54, 1.807) is 18.2 Å². The molecule has 126 valence electrons. The Balaban J connectivity index is 1.58. The van der Waals surface area contributed by atoms with Crippen molar-refractivity contribution < 1.29 is 23.1 Å². The Kier molecular flexibility index (Phi) is 4.95. The molecule has 0 radical (unpaired) electrons. The average molecular weight is 359 g/mol. The first-order valence-corrected chi connectivity index (χ1v) is 7.72. The number of hydrogen-bond donors (Lipinski definition) is 0. The topological polar surface area (TPSA) is 56.5 Å². The maximum absolute atomic E-state index is 13.1. The quantitative estimate of drug-likeness (QED) is 0.378. The zero-order chi connectivity index (χ0) is 17.8. The number of rotatable bonds is 5. The van der Waals surface area contributed by atoms with Gasteiger partial charge in [0, 0.05) is 11.5 Å². The van der Waals surface area contributed by atoms with E-state index in [2.05, 4.69) is 0 Å². The van der Waals surface area contributed by atoms with Gasteiger partial charge in [-0.25, -0.2) is 9.18 Å². The van der Waals surface area contributed by atoms with E-state index in [9.17, 15) is 14.0 Å². The summed E-state index contributed by atoms with van der Waals surface area (Å²) < 4.78 is 23.3. The van der Waals surface area contributed by atoms with Crippen LogP contribution >= 0.6 is 11.6 Å². The number of benzene rings is 2. The van der Waals surface area contributed by atoms with Crippen LogP contribution in [0.25, 0.3) is 17.0 Å². The largest absolute Gasteiger partial charge is 0.454 e. The van der Waals surface area contributed by atoms with E-state index in [1.165, 1.54) is 24.3 Å². The minimum Gasteiger partial charge on any atom is -0.454 e. The highest BCUT2D eigenvalue weighted by molar-refractivity contribution is 6.30. The summed E-state index contributed by atoms with van der Waals surface area (Å²) >= 11 is 5.65. The Morgan fingerprint density at radius 2 is 1.96 bits per heavy atom. The monoisotopic (exact) mass is 358 g/mol. The molecule has 0 amide bonds. The third-order valence-electron chi connectivity index (χ3n) is 3.40. The lowest BCUT2D eigenvalue weighted by Crippen LogP contribution is -2.11. The van der Waals surface area contributed by atoms with Gasteiger partial charge in [-0.15, -0.1) is 0 Å². The van der Waals surface area contributed by atoms with Crippen LogP contribution in [0.15, 0.2) is 59.0 Å². The zero-order valence-electron chi connectivity index (χ0n) is 12.9. The van der Waals surface area contributed by atoms with Gasteiger partial charge in [-0.1, -0.05) is 35.9 Å². The van der Waals surface area contributed by atoms with Crippen molar-refractivity contribution in [3.05, 3.63) is 76.8 Å². The number of ketones is 1. The van der Waals surface area contributed by atoms with Crippen LogP contribution in [0.2, 0.25) is 5.02 Å². The molecule has 3 rings (SSSR count). The fourth-order valence-electron chi connectivity index (χ4n) is 2.16. The van der Waals surface area contributed by atoms with Crippen LogP contribution in [0, 0.1) is 5.82 Å². The van der Waals surface area contributed by atoms with Crippen molar-refractivity contribution in [3.8, 4) is 0 Å². The molecule has 0 unspecified atom stereocenters. The van der Waals surface area contributed by atoms with E-state index in [-0.39, 0.29) is 10.8 Å². The first kappa shape index (κ1) is 16.9. The predicted octanol–water partition coefficient (Wildman–Crippen LogP) is 4.66. The molecule has 0 aliphatic carbocycles. The molecular formula is C19H12ClFO4. The van der Waals surface area contributed by atoms with Gasteiger partial charge >= 0.3 is 5.97 Å². The van der Waals surface area contributed by atoms with Crippen molar-refractivity contribution in [3.63, 3.8) is 0 Å². The van der Waals surface area contributed by atoms with Crippen LogP contribution in [-0.4, -0.2) is 18.4 Å². The minimum atomic E-state index is -0.704. The van der Waals surface area contributed by atoms with Gasteiger partial charge in [0.05, 0.1) is 5.02 Å². The fourth-order valence-corrected chi connectivity index (χ4v) is 2.34. The van der Waals surface area contributed by atoms with Gasteiger partial charge in [-0.3, -0.25) is 4.79 Å². The highest BCUT2D eigenvalue weighted by Crippen LogP contribution is 2.19. The molecular weight excluding hydrogens is 347 g/mol. The normalized spacial score (nSPS) is 11.1. The van der Waals surface area contributed by atoms with Gasteiger partial charge < -0.3 is 9.15 Å². The minimum absolute atomic E-state index is 0.0458. The van der Waals surface area contributed by atoms with Crippen molar-refractivity contribution >= 4 is 40.4 Å². The Bertz CT molecular complexity index is 941. The van der Waals surface area contributed by atoms with E-state index in [1.807, 2.05) is 12.1 Å². The molecule has 0 bridgehead atoms. The summed E-state index contributed by atoms with van der Waals surface area (Å²) in [5.74, 6) is -1.56. The number of esters is 1. The Hall–Kier alpha value is -2.92. The number of hydrogen-bond acceptors (Lipinski definition) is 4. The third-order valence-corrected chi connectivity index (χ3v) is 3.69. The molecule has 0 atom stereocenters. The van der Waals surface area contributed by atoms with Crippen molar-refractivity contribution in [2.24, 2.45) is 0 Å². The molecule has 0 saturated carbocycles. The number of Topliss-reactive ketones (excluding diaryl/α,β-unsaturated/α-hetero) is 1. The second kappa shape index (κ2) is 7.32. The summed E-state index contributed by atoms with van der Waals surface area (Å²) in [6.45, 7) is -0.437. The highest BCUT2D eigenvalue weighted by atomic mass is 35.5. The number of carbonyl (C=O) groups excluding carboxylic acids is 2. The van der Waals surface area contributed by atoms with E-state index in [0.29, 0.717) is 11.1 Å². The summed E-state index contributed by atoms with van der Waals surface area (Å²) in [7, 11) is 0. The molecule has 0 saturated heterocycles. The Morgan fingerprint density at radius 3 is 2.72 bits per heavy atom. The molecule has 6 heteroatoms. The number of carbonyl (C=O) groups is 2. The van der Waals surface area contributed by atoms with Crippen molar-refractivity contribution in [2.75, 3.05) is 6.61 Å². The molecule has 0 N–H and O–H groups in total. The van der Waals surface area contributed by atoms with Crippen LogP contribution in [0.3, 0.4) is 0 Å². The van der Waals surface area contributed by atoms with Crippen molar-refractivity contribution in [1.82, 2.24) is 0 Å². The third kappa shape index (κ3) is 4.14. The molecule has 0 aliphatic rings. The summed E-state index contributed by atoms with van der Waals surface area (Å²) in [5, 5.41) is 0.751. The second-order valence-corrected chi connectivity index (χ2v) is 5.59. The molecule has 0 fully saturated rings. The number of halogens is 2.